The highest BCUT2D eigenvalue weighted by Gasteiger charge is 2.30. The van der Waals surface area contributed by atoms with Gasteiger partial charge in [-0.15, -0.1) is 11.3 Å². The lowest BCUT2D eigenvalue weighted by atomic mass is 9.98. The molecule has 1 amide bonds. The largest absolute Gasteiger partial charge is 0.326 e. The van der Waals surface area contributed by atoms with Gasteiger partial charge in [0.2, 0.25) is 15.9 Å². The molecule has 146 valence electrons. The molecule has 1 fully saturated rings. The average Bonchev–Trinajstić information content (AvgIpc) is 3.12. The first-order chi connectivity index (χ1) is 13.4. The third-order valence-electron chi connectivity index (χ3n) is 4.89. The predicted octanol–water partition coefficient (Wildman–Crippen LogP) is 3.57. The van der Waals surface area contributed by atoms with Crippen LogP contribution >= 0.6 is 11.3 Å². The number of sulfonamides is 1. The van der Waals surface area contributed by atoms with Gasteiger partial charge in [-0.3, -0.25) is 4.79 Å². The van der Waals surface area contributed by atoms with Gasteiger partial charge in [-0.2, -0.15) is 0 Å². The number of benzene rings is 2. The Morgan fingerprint density at radius 3 is 2.82 bits per heavy atom. The van der Waals surface area contributed by atoms with E-state index in [1.165, 1.54) is 10.6 Å². The lowest BCUT2D eigenvalue weighted by Crippen LogP contribution is -2.43. The molecule has 0 radical (unpaired) electrons. The monoisotopic (exact) mass is 415 g/mol. The number of rotatable bonds is 4. The van der Waals surface area contributed by atoms with Crippen LogP contribution in [0.2, 0.25) is 0 Å². The van der Waals surface area contributed by atoms with Crippen molar-refractivity contribution in [2.45, 2.75) is 12.8 Å². The summed E-state index contributed by atoms with van der Waals surface area (Å²) in [7, 11) is -3.27. The minimum atomic E-state index is -3.27. The number of fused-ring (bicyclic) bond motifs is 1. The van der Waals surface area contributed by atoms with Gasteiger partial charge in [-0.25, -0.2) is 17.7 Å². The SMILES string of the molecule is CS(=O)(=O)N1CCC[C@@H](C(=O)Nc2cccc(-c3nc4ccccc4s3)c2)C1. The fraction of sp³-hybridized carbons (Fsp3) is 0.300. The van der Waals surface area contributed by atoms with E-state index in [4.69, 9.17) is 0 Å². The number of aromatic nitrogens is 1. The lowest BCUT2D eigenvalue weighted by Gasteiger charge is -2.30. The van der Waals surface area contributed by atoms with Crippen molar-refractivity contribution in [1.29, 1.82) is 0 Å². The second kappa shape index (κ2) is 7.62. The van der Waals surface area contributed by atoms with Crippen molar-refractivity contribution in [3.63, 3.8) is 0 Å². The molecule has 0 bridgehead atoms. The number of carbonyl (C=O) groups is 1. The number of thiazole rings is 1. The van der Waals surface area contributed by atoms with E-state index in [0.717, 1.165) is 20.8 Å². The predicted molar refractivity (Wildman–Crippen MR) is 113 cm³/mol. The average molecular weight is 416 g/mol. The third-order valence-corrected chi connectivity index (χ3v) is 7.25. The second-order valence-corrected chi connectivity index (χ2v) is 10.0. The molecule has 0 unspecified atom stereocenters. The number of nitrogens with zero attached hydrogens (tertiary/aromatic N) is 2. The second-order valence-electron chi connectivity index (χ2n) is 7.02. The molecule has 4 rings (SSSR count). The van der Waals surface area contributed by atoms with Crippen LogP contribution < -0.4 is 5.32 Å². The van der Waals surface area contributed by atoms with Crippen LogP contribution in [0, 0.1) is 5.92 Å². The Labute approximate surface area is 168 Å². The summed E-state index contributed by atoms with van der Waals surface area (Å²) < 4.78 is 26.1. The lowest BCUT2D eigenvalue weighted by molar-refractivity contribution is -0.120. The highest BCUT2D eigenvalue weighted by molar-refractivity contribution is 7.88. The number of carbonyl (C=O) groups excluding carboxylic acids is 1. The summed E-state index contributed by atoms with van der Waals surface area (Å²) in [4.78, 5) is 17.3. The van der Waals surface area contributed by atoms with Gasteiger partial charge in [0.05, 0.1) is 22.4 Å². The molecule has 2 aromatic carbocycles. The molecule has 1 aliphatic heterocycles. The van der Waals surface area contributed by atoms with Crippen molar-refractivity contribution < 1.29 is 13.2 Å². The number of para-hydroxylation sites is 1. The van der Waals surface area contributed by atoms with E-state index in [-0.39, 0.29) is 18.4 Å². The van der Waals surface area contributed by atoms with E-state index < -0.39 is 10.0 Å². The van der Waals surface area contributed by atoms with Gasteiger partial charge in [0.15, 0.2) is 0 Å². The topological polar surface area (TPSA) is 79.4 Å². The first-order valence-corrected chi connectivity index (χ1v) is 11.8. The molecule has 1 N–H and O–H groups in total. The first-order valence-electron chi connectivity index (χ1n) is 9.12. The van der Waals surface area contributed by atoms with Gasteiger partial charge < -0.3 is 5.32 Å². The van der Waals surface area contributed by atoms with Crippen LogP contribution in [0.3, 0.4) is 0 Å². The number of piperidine rings is 1. The van der Waals surface area contributed by atoms with E-state index in [2.05, 4.69) is 10.3 Å². The quantitative estimate of drug-likeness (QED) is 0.706. The zero-order valence-corrected chi connectivity index (χ0v) is 17.1. The van der Waals surface area contributed by atoms with Crippen LogP contribution in [0.15, 0.2) is 48.5 Å². The fourth-order valence-electron chi connectivity index (χ4n) is 3.43. The third kappa shape index (κ3) is 4.09. The summed E-state index contributed by atoms with van der Waals surface area (Å²) in [5, 5.41) is 3.85. The Balaban J connectivity index is 1.51. The molecular weight excluding hydrogens is 394 g/mol. The highest BCUT2D eigenvalue weighted by atomic mass is 32.2. The zero-order chi connectivity index (χ0) is 19.7. The fourth-order valence-corrected chi connectivity index (χ4v) is 5.30. The van der Waals surface area contributed by atoms with E-state index >= 15 is 0 Å². The summed E-state index contributed by atoms with van der Waals surface area (Å²) in [6.45, 7) is 0.720. The standard InChI is InChI=1S/C20H21N3O3S2/c1-28(25,26)23-11-5-7-15(13-23)19(24)21-16-8-4-6-14(12-16)20-22-17-9-2-3-10-18(17)27-20/h2-4,6,8-10,12,15H,5,7,11,13H2,1H3,(H,21,24)/t15-/m1/s1. The van der Waals surface area contributed by atoms with Crippen LogP contribution in [0.25, 0.3) is 20.8 Å². The van der Waals surface area contributed by atoms with E-state index in [0.29, 0.717) is 25.1 Å². The maximum absolute atomic E-state index is 12.7. The Hall–Kier alpha value is -2.29. The molecule has 1 saturated heterocycles. The molecule has 0 saturated carbocycles. The Morgan fingerprint density at radius 1 is 1.21 bits per heavy atom. The van der Waals surface area contributed by atoms with Gasteiger partial charge in [0.1, 0.15) is 5.01 Å². The molecule has 1 aromatic heterocycles. The van der Waals surface area contributed by atoms with Crippen molar-refractivity contribution >= 4 is 43.2 Å². The molecule has 28 heavy (non-hydrogen) atoms. The van der Waals surface area contributed by atoms with Crippen LogP contribution in [0.4, 0.5) is 5.69 Å². The minimum absolute atomic E-state index is 0.144. The van der Waals surface area contributed by atoms with Gasteiger partial charge in [-0.05, 0) is 37.1 Å². The van der Waals surface area contributed by atoms with Crippen LogP contribution in [0.5, 0.6) is 0 Å². The van der Waals surface area contributed by atoms with Crippen LogP contribution in [0.1, 0.15) is 12.8 Å². The molecule has 3 aromatic rings. The molecule has 1 aliphatic rings. The van der Waals surface area contributed by atoms with Crippen molar-refractivity contribution in [1.82, 2.24) is 9.29 Å². The number of anilines is 1. The number of hydrogen-bond donors (Lipinski definition) is 1. The summed E-state index contributed by atoms with van der Waals surface area (Å²) in [5.74, 6) is -0.482. The molecular formula is C20H21N3O3S2. The van der Waals surface area contributed by atoms with Crippen LogP contribution in [-0.4, -0.2) is 43.0 Å². The molecule has 6 nitrogen and oxygen atoms in total. The van der Waals surface area contributed by atoms with Gasteiger partial charge in [-0.1, -0.05) is 24.3 Å². The molecule has 0 aliphatic carbocycles. The van der Waals surface area contributed by atoms with E-state index in [9.17, 15) is 13.2 Å². The minimum Gasteiger partial charge on any atom is -0.326 e. The van der Waals surface area contributed by atoms with E-state index in [1.54, 1.807) is 11.3 Å². The smallest absolute Gasteiger partial charge is 0.228 e. The van der Waals surface area contributed by atoms with Gasteiger partial charge in [0.25, 0.3) is 0 Å². The normalized spacial score (nSPS) is 18.2. The van der Waals surface area contributed by atoms with Crippen molar-refractivity contribution in [2.75, 3.05) is 24.7 Å². The maximum atomic E-state index is 12.7. The van der Waals surface area contributed by atoms with Crippen molar-refractivity contribution in [3.05, 3.63) is 48.5 Å². The molecule has 2 heterocycles. The van der Waals surface area contributed by atoms with Crippen molar-refractivity contribution in [2.24, 2.45) is 5.92 Å². The first kappa shape index (κ1) is 19.0. The molecule has 8 heteroatoms. The zero-order valence-electron chi connectivity index (χ0n) is 15.5. The van der Waals surface area contributed by atoms with Crippen LogP contribution in [-0.2, 0) is 14.8 Å². The van der Waals surface area contributed by atoms with Gasteiger partial charge >= 0.3 is 0 Å². The van der Waals surface area contributed by atoms with E-state index in [1.807, 2.05) is 48.5 Å². The van der Waals surface area contributed by atoms with Gasteiger partial charge in [0, 0.05) is 24.3 Å². The summed E-state index contributed by atoms with van der Waals surface area (Å²) in [5.41, 5.74) is 2.60. The maximum Gasteiger partial charge on any atom is 0.228 e. The Morgan fingerprint density at radius 2 is 2.04 bits per heavy atom. The summed E-state index contributed by atoms with van der Waals surface area (Å²) >= 11 is 1.61. The molecule has 1 atom stereocenters. The number of amides is 1. The Kier molecular flexibility index (Phi) is 5.18. The molecule has 0 spiro atoms. The number of hydrogen-bond acceptors (Lipinski definition) is 5. The number of nitrogens with one attached hydrogen (secondary N) is 1. The summed E-state index contributed by atoms with van der Waals surface area (Å²) in [6.07, 6.45) is 2.57. The van der Waals surface area contributed by atoms with Crippen molar-refractivity contribution in [3.8, 4) is 10.6 Å². The highest BCUT2D eigenvalue weighted by Crippen LogP contribution is 2.31. The Bertz CT molecular complexity index is 1090. The summed E-state index contributed by atoms with van der Waals surface area (Å²) in [6, 6.07) is 15.6.